The Labute approximate surface area is 426 Å². The van der Waals surface area contributed by atoms with Gasteiger partial charge in [0, 0.05) is 55.8 Å². The van der Waals surface area contributed by atoms with Crippen LogP contribution in [-0.2, 0) is 25.7 Å². The number of benzene rings is 2. The van der Waals surface area contributed by atoms with Gasteiger partial charge in [0.25, 0.3) is 11.8 Å². The molecule has 392 valence electrons. The number of aliphatic carboxylic acids is 1. The second-order valence-corrected chi connectivity index (χ2v) is 19.8. The van der Waals surface area contributed by atoms with Crippen LogP contribution in [0, 0.1) is 5.92 Å². The molecule has 9 N–H and O–H groups in total. The number of piperidine rings is 1. The van der Waals surface area contributed by atoms with E-state index in [1.165, 1.54) is 44.9 Å². The van der Waals surface area contributed by atoms with Crippen molar-refractivity contribution in [2.45, 2.75) is 148 Å². The molecule has 2 aromatic carbocycles. The van der Waals surface area contributed by atoms with Gasteiger partial charge in [-0.1, -0.05) is 77.2 Å². The van der Waals surface area contributed by atoms with Crippen LogP contribution in [0.1, 0.15) is 160 Å². The van der Waals surface area contributed by atoms with Gasteiger partial charge in [0.1, 0.15) is 17.9 Å². The number of carboxylic acids is 1. The quantitative estimate of drug-likeness (QED) is 0.0173. The standard InChI is InChI=1S/C53H72N12O8/c1-33(41(66)26-24-39(51(72)73)63-53(2,3)45(68)34-20-22-36(23-21-34)64(4)32-35-31-58-47-44(59-35)46(54)61-52(55)62-47)30-56-28-15-13-11-9-7-5-6-8-10-12-14-16-29-57-38-19-17-18-37-43(38)50(71)65(49(37)70)40-25-27-42(67)60-48(40)69/h17-23,31,33,39-40,56-57,63H,5-16,24-30,32H2,1-4H3,(H,72,73)(H,60,67,69)(H4,54,55,58,61,62)/t33?,39-,40?/m0/s1. The van der Waals surface area contributed by atoms with E-state index in [1.54, 1.807) is 62.5 Å². The number of nitrogens with zero attached hydrogens (tertiary/aromatic N) is 6. The van der Waals surface area contributed by atoms with Gasteiger partial charge in [0.05, 0.1) is 35.1 Å². The maximum absolute atomic E-state index is 13.6. The van der Waals surface area contributed by atoms with E-state index >= 15 is 0 Å². The van der Waals surface area contributed by atoms with Crippen LogP contribution in [0.25, 0.3) is 11.2 Å². The lowest BCUT2D eigenvalue weighted by atomic mass is 9.91. The maximum Gasteiger partial charge on any atom is 0.320 e. The molecule has 2 aliphatic heterocycles. The van der Waals surface area contributed by atoms with Gasteiger partial charge >= 0.3 is 5.97 Å². The molecule has 0 radical (unpaired) electrons. The predicted molar refractivity (Wildman–Crippen MR) is 279 cm³/mol. The molecule has 1 saturated heterocycles. The molecule has 6 rings (SSSR count). The molecule has 20 nitrogen and oxygen atoms in total. The summed E-state index contributed by atoms with van der Waals surface area (Å²) < 4.78 is 0. The zero-order valence-electron chi connectivity index (χ0n) is 42.6. The van der Waals surface area contributed by atoms with Crippen molar-refractivity contribution in [3.05, 3.63) is 71.0 Å². The van der Waals surface area contributed by atoms with E-state index in [0.29, 0.717) is 47.7 Å². The molecule has 2 unspecified atom stereocenters. The van der Waals surface area contributed by atoms with Crippen molar-refractivity contribution in [1.82, 2.24) is 40.8 Å². The summed E-state index contributed by atoms with van der Waals surface area (Å²) in [5.74, 6) is -3.56. The number of carbonyl (C=O) groups excluding carboxylic acids is 6. The molecular weight excluding hydrogens is 933 g/mol. The molecule has 0 saturated carbocycles. The zero-order chi connectivity index (χ0) is 52.7. The van der Waals surface area contributed by atoms with Crippen LogP contribution in [0.15, 0.2) is 48.7 Å². The summed E-state index contributed by atoms with van der Waals surface area (Å²) in [6.07, 6.45) is 15.6. The van der Waals surface area contributed by atoms with E-state index in [9.17, 15) is 38.7 Å². The van der Waals surface area contributed by atoms with E-state index < -0.39 is 47.2 Å². The number of aromatic nitrogens is 4. The Morgan fingerprint density at radius 1 is 0.863 bits per heavy atom. The van der Waals surface area contributed by atoms with Crippen molar-refractivity contribution in [1.29, 1.82) is 0 Å². The van der Waals surface area contributed by atoms with Gasteiger partial charge in [0.2, 0.25) is 17.8 Å². The van der Waals surface area contributed by atoms with Crippen LogP contribution in [-0.4, -0.2) is 115 Å². The second-order valence-electron chi connectivity index (χ2n) is 19.8. The average molecular weight is 1010 g/mol. The molecule has 4 amide bonds. The van der Waals surface area contributed by atoms with E-state index in [1.807, 2.05) is 18.9 Å². The third-order valence-corrected chi connectivity index (χ3v) is 13.6. The van der Waals surface area contributed by atoms with Gasteiger partial charge in [0.15, 0.2) is 22.8 Å². The number of Topliss-reactive ketones (excluding diaryl/α,β-unsaturated/α-hetero) is 2. The largest absolute Gasteiger partial charge is 0.480 e. The number of hydrogen-bond acceptors (Lipinski definition) is 17. The normalized spacial score (nSPS) is 15.6. The Hall–Kier alpha value is -6.93. The summed E-state index contributed by atoms with van der Waals surface area (Å²) >= 11 is 0. The van der Waals surface area contributed by atoms with E-state index in [2.05, 4.69) is 41.2 Å². The van der Waals surface area contributed by atoms with Crippen molar-refractivity contribution < 1.29 is 38.7 Å². The molecule has 73 heavy (non-hydrogen) atoms. The number of ketones is 2. The van der Waals surface area contributed by atoms with Crippen molar-refractivity contribution >= 4 is 75.5 Å². The number of rotatable bonds is 31. The van der Waals surface area contributed by atoms with E-state index in [0.717, 1.165) is 49.2 Å². The number of nitrogens with two attached hydrogens (primary N) is 2. The molecule has 2 aromatic heterocycles. The van der Waals surface area contributed by atoms with Gasteiger partial charge in [-0.25, -0.2) is 9.97 Å². The number of unbranched alkanes of at least 4 members (excludes halogenated alkanes) is 11. The van der Waals surface area contributed by atoms with Crippen molar-refractivity contribution in [2.24, 2.45) is 5.92 Å². The Bertz CT molecular complexity index is 2630. The number of anilines is 4. The van der Waals surface area contributed by atoms with Crippen molar-refractivity contribution in [3.8, 4) is 0 Å². The number of carbonyl (C=O) groups is 7. The summed E-state index contributed by atoms with van der Waals surface area (Å²) in [5, 5.41) is 22.0. The molecule has 0 bridgehead atoms. The first kappa shape index (κ1) is 55.4. The Balaban J connectivity index is 0.769. The van der Waals surface area contributed by atoms with Crippen LogP contribution in [0.2, 0.25) is 0 Å². The number of fused-ring (bicyclic) bond motifs is 2. The minimum Gasteiger partial charge on any atom is -0.480 e. The average Bonchev–Trinajstić information content (AvgIpc) is 3.61. The first-order chi connectivity index (χ1) is 34.9. The SMILES string of the molecule is CC(CNCCCCCCCCCCCCCCNc1cccc2c1C(=O)N(C1CCC(=O)NC1=O)C2=O)C(=O)CC[C@H](NC(C)(C)C(=O)c1ccc(N(C)Cc2cnc3nc(N)nc(N)c3n2)cc1)C(=O)O. The van der Waals surface area contributed by atoms with Crippen LogP contribution in [0.5, 0.6) is 0 Å². The summed E-state index contributed by atoms with van der Waals surface area (Å²) in [6.45, 7) is 7.54. The Morgan fingerprint density at radius 3 is 2.15 bits per heavy atom. The lowest BCUT2D eigenvalue weighted by Crippen LogP contribution is -2.54. The number of hydrogen-bond donors (Lipinski definition) is 7. The minimum atomic E-state index is -1.22. The van der Waals surface area contributed by atoms with Gasteiger partial charge < -0.3 is 32.1 Å². The molecule has 0 spiro atoms. The number of nitrogen functional groups attached to an aromatic ring is 2. The number of carboxylic acid groups (broad SMARTS) is 1. The third-order valence-electron chi connectivity index (χ3n) is 13.6. The first-order valence-electron chi connectivity index (χ1n) is 25.7. The monoisotopic (exact) mass is 1000 g/mol. The fourth-order valence-corrected chi connectivity index (χ4v) is 9.37. The molecular formula is C53H72N12O8. The van der Waals surface area contributed by atoms with Crippen molar-refractivity contribution in [2.75, 3.05) is 48.4 Å². The summed E-state index contributed by atoms with van der Waals surface area (Å²) in [4.78, 5) is 109. The molecule has 2 aliphatic rings. The number of nitrogens with one attached hydrogen (secondary N) is 4. The fraction of sp³-hybridized carbons (Fsp3) is 0.528. The summed E-state index contributed by atoms with van der Waals surface area (Å²) in [5.41, 5.74) is 14.1. The van der Waals surface area contributed by atoms with Gasteiger partial charge in [-0.15, -0.1) is 0 Å². The molecule has 20 heteroatoms. The molecule has 4 heterocycles. The van der Waals surface area contributed by atoms with Gasteiger partial charge in [-0.05, 0) is 82.5 Å². The maximum atomic E-state index is 13.6. The van der Waals surface area contributed by atoms with E-state index in [-0.39, 0.29) is 66.1 Å². The van der Waals surface area contributed by atoms with Crippen LogP contribution < -0.4 is 37.6 Å². The predicted octanol–water partition coefficient (Wildman–Crippen LogP) is 5.99. The number of amides is 4. The highest BCUT2D eigenvalue weighted by molar-refractivity contribution is 6.25. The lowest BCUT2D eigenvalue weighted by Gasteiger charge is -2.29. The Morgan fingerprint density at radius 2 is 1.51 bits per heavy atom. The molecule has 0 aliphatic carbocycles. The van der Waals surface area contributed by atoms with Gasteiger partial charge in [-0.3, -0.25) is 49.1 Å². The van der Waals surface area contributed by atoms with Crippen LogP contribution in [0.4, 0.5) is 23.1 Å². The lowest BCUT2D eigenvalue weighted by molar-refractivity contribution is -0.140. The van der Waals surface area contributed by atoms with Gasteiger partial charge in [-0.2, -0.15) is 9.97 Å². The van der Waals surface area contributed by atoms with Crippen molar-refractivity contribution in [3.63, 3.8) is 0 Å². The molecule has 3 atom stereocenters. The smallest absolute Gasteiger partial charge is 0.320 e. The third kappa shape index (κ3) is 15.1. The van der Waals surface area contributed by atoms with Crippen LogP contribution >= 0.6 is 0 Å². The van der Waals surface area contributed by atoms with E-state index in [4.69, 9.17) is 11.5 Å². The fourth-order valence-electron chi connectivity index (χ4n) is 9.37. The highest BCUT2D eigenvalue weighted by Gasteiger charge is 2.45. The van der Waals surface area contributed by atoms with Crippen LogP contribution in [0.3, 0.4) is 0 Å². The zero-order valence-corrected chi connectivity index (χ0v) is 42.6. The topological polar surface area (TPSA) is 298 Å². The second kappa shape index (κ2) is 26.1. The summed E-state index contributed by atoms with van der Waals surface area (Å²) in [6, 6.07) is 10.0. The highest BCUT2D eigenvalue weighted by Crippen LogP contribution is 2.32. The first-order valence-corrected chi connectivity index (χ1v) is 25.7. The highest BCUT2D eigenvalue weighted by atomic mass is 16.4. The molecule has 1 fully saturated rings. The molecule has 4 aromatic rings. The Kier molecular flexibility index (Phi) is 19.8. The summed E-state index contributed by atoms with van der Waals surface area (Å²) in [7, 11) is 1.87. The number of imide groups is 2. The minimum absolute atomic E-state index is 0.0188.